The highest BCUT2D eigenvalue weighted by atomic mass is 16.5. The number of nitrogens with zero attached hydrogens (tertiary/aromatic N) is 1. The van der Waals surface area contributed by atoms with E-state index in [1.807, 2.05) is 6.07 Å². The van der Waals surface area contributed by atoms with Crippen molar-refractivity contribution in [3.05, 3.63) is 35.9 Å². The van der Waals surface area contributed by atoms with Crippen LogP contribution < -0.4 is 10.6 Å². The van der Waals surface area contributed by atoms with E-state index in [0.717, 1.165) is 12.5 Å². The third-order valence-electron chi connectivity index (χ3n) is 3.81. The number of hydrogen-bond acceptors (Lipinski definition) is 2. The van der Waals surface area contributed by atoms with Gasteiger partial charge in [0.1, 0.15) is 0 Å². The van der Waals surface area contributed by atoms with Crippen LogP contribution in [0.25, 0.3) is 0 Å². The maximum atomic E-state index is 5.10. The topological polar surface area (TPSA) is 45.6 Å². The summed E-state index contributed by atoms with van der Waals surface area (Å²) >= 11 is 0. The van der Waals surface area contributed by atoms with Gasteiger partial charge in [-0.2, -0.15) is 0 Å². The van der Waals surface area contributed by atoms with E-state index in [0.29, 0.717) is 19.2 Å². The molecule has 4 nitrogen and oxygen atoms in total. The summed E-state index contributed by atoms with van der Waals surface area (Å²) in [7, 11) is 1.72. The largest absolute Gasteiger partial charge is 0.383 e. The highest BCUT2D eigenvalue weighted by Crippen LogP contribution is 2.17. The molecule has 1 aromatic carbocycles. The second-order valence-corrected chi connectivity index (χ2v) is 5.55. The van der Waals surface area contributed by atoms with Crippen LogP contribution in [0.5, 0.6) is 0 Å². The summed E-state index contributed by atoms with van der Waals surface area (Å²) in [4.78, 5) is 4.70. The summed E-state index contributed by atoms with van der Waals surface area (Å²) in [6.45, 7) is 2.18. The molecule has 116 valence electrons. The molecule has 0 saturated heterocycles. The zero-order chi connectivity index (χ0) is 14.8. The van der Waals surface area contributed by atoms with Crippen LogP contribution in [0.1, 0.15) is 37.7 Å². The summed E-state index contributed by atoms with van der Waals surface area (Å²) in [5.74, 6) is 0.905. The van der Waals surface area contributed by atoms with Gasteiger partial charge in [-0.15, -0.1) is 0 Å². The molecule has 0 spiro atoms. The Morgan fingerprint density at radius 1 is 1.19 bits per heavy atom. The molecule has 1 aliphatic carbocycles. The van der Waals surface area contributed by atoms with Crippen molar-refractivity contribution in [2.45, 2.75) is 44.7 Å². The van der Waals surface area contributed by atoms with Gasteiger partial charge in [-0.3, -0.25) is 0 Å². The Balaban J connectivity index is 1.89. The van der Waals surface area contributed by atoms with Crippen molar-refractivity contribution in [1.29, 1.82) is 0 Å². The molecular formula is C17H27N3O. The van der Waals surface area contributed by atoms with Gasteiger partial charge >= 0.3 is 0 Å². The molecule has 0 radical (unpaired) electrons. The third-order valence-corrected chi connectivity index (χ3v) is 3.81. The maximum absolute atomic E-state index is 5.10. The number of rotatable bonds is 6. The Bertz CT molecular complexity index is 413. The molecule has 0 aliphatic heterocycles. The van der Waals surface area contributed by atoms with Crippen molar-refractivity contribution in [1.82, 2.24) is 10.6 Å². The minimum absolute atomic E-state index is 0.559. The monoisotopic (exact) mass is 289 g/mol. The van der Waals surface area contributed by atoms with Gasteiger partial charge in [0, 0.05) is 19.7 Å². The van der Waals surface area contributed by atoms with Gasteiger partial charge in [-0.25, -0.2) is 4.99 Å². The van der Waals surface area contributed by atoms with E-state index in [9.17, 15) is 0 Å². The first-order valence-corrected chi connectivity index (χ1v) is 7.96. The number of benzene rings is 1. The lowest BCUT2D eigenvalue weighted by Gasteiger charge is -2.25. The lowest BCUT2D eigenvalue weighted by molar-refractivity contribution is 0.203. The summed E-state index contributed by atoms with van der Waals surface area (Å²) in [5, 5.41) is 6.92. The quantitative estimate of drug-likeness (QED) is 0.481. The van der Waals surface area contributed by atoms with Crippen molar-refractivity contribution < 1.29 is 4.74 Å². The zero-order valence-corrected chi connectivity index (χ0v) is 13.0. The average molecular weight is 289 g/mol. The van der Waals surface area contributed by atoms with Gasteiger partial charge in [-0.1, -0.05) is 49.6 Å². The predicted octanol–water partition coefficient (Wildman–Crippen LogP) is 2.70. The van der Waals surface area contributed by atoms with Crippen LogP contribution in [0.2, 0.25) is 0 Å². The number of ether oxygens (including phenoxy) is 1. The fourth-order valence-electron chi connectivity index (χ4n) is 2.62. The Hall–Kier alpha value is -1.55. The summed E-state index contributed by atoms with van der Waals surface area (Å²) in [6, 6.07) is 10.9. The highest BCUT2D eigenvalue weighted by Gasteiger charge is 2.14. The van der Waals surface area contributed by atoms with Gasteiger partial charge in [0.15, 0.2) is 5.96 Å². The number of hydrogen-bond donors (Lipinski definition) is 2. The van der Waals surface area contributed by atoms with E-state index < -0.39 is 0 Å². The SMILES string of the molecule is COCCNC(=NCc1ccccc1)NC1CCCCC1. The second kappa shape index (κ2) is 9.40. The average Bonchev–Trinajstić information content (AvgIpc) is 2.54. The van der Waals surface area contributed by atoms with Crippen molar-refractivity contribution in [2.24, 2.45) is 4.99 Å². The van der Waals surface area contributed by atoms with Gasteiger partial charge < -0.3 is 15.4 Å². The van der Waals surface area contributed by atoms with E-state index in [-0.39, 0.29) is 0 Å². The number of methoxy groups -OCH3 is 1. The lowest BCUT2D eigenvalue weighted by atomic mass is 9.96. The van der Waals surface area contributed by atoms with Crippen molar-refractivity contribution in [2.75, 3.05) is 20.3 Å². The van der Waals surface area contributed by atoms with Crippen molar-refractivity contribution >= 4 is 5.96 Å². The van der Waals surface area contributed by atoms with Crippen molar-refractivity contribution in [3.8, 4) is 0 Å². The minimum Gasteiger partial charge on any atom is -0.383 e. The molecule has 0 aromatic heterocycles. The predicted molar refractivity (Wildman–Crippen MR) is 87.5 cm³/mol. The zero-order valence-electron chi connectivity index (χ0n) is 13.0. The van der Waals surface area contributed by atoms with E-state index in [4.69, 9.17) is 9.73 Å². The van der Waals surface area contributed by atoms with Crippen LogP contribution in [0, 0.1) is 0 Å². The molecule has 0 atom stereocenters. The number of guanidine groups is 1. The fourth-order valence-corrected chi connectivity index (χ4v) is 2.62. The highest BCUT2D eigenvalue weighted by molar-refractivity contribution is 5.80. The van der Waals surface area contributed by atoms with Crippen molar-refractivity contribution in [3.63, 3.8) is 0 Å². The normalized spacial score (nSPS) is 16.7. The Morgan fingerprint density at radius 3 is 2.67 bits per heavy atom. The summed E-state index contributed by atoms with van der Waals surface area (Å²) < 4.78 is 5.10. The number of aliphatic imine (C=N–C) groups is 1. The second-order valence-electron chi connectivity index (χ2n) is 5.55. The number of nitrogens with one attached hydrogen (secondary N) is 2. The minimum atomic E-state index is 0.559. The molecular weight excluding hydrogens is 262 g/mol. The molecule has 1 aliphatic rings. The first-order chi connectivity index (χ1) is 10.4. The fraction of sp³-hybridized carbons (Fsp3) is 0.588. The van der Waals surface area contributed by atoms with Crippen LogP contribution in [-0.4, -0.2) is 32.3 Å². The first kappa shape index (κ1) is 15.8. The van der Waals surface area contributed by atoms with Crippen LogP contribution >= 0.6 is 0 Å². The molecule has 1 fully saturated rings. The summed E-state index contributed by atoms with van der Waals surface area (Å²) in [5.41, 5.74) is 1.23. The molecule has 2 N–H and O–H groups in total. The third kappa shape index (κ3) is 6.17. The summed E-state index contributed by atoms with van der Waals surface area (Å²) in [6.07, 6.45) is 6.50. The smallest absolute Gasteiger partial charge is 0.191 e. The Morgan fingerprint density at radius 2 is 1.95 bits per heavy atom. The van der Waals surface area contributed by atoms with Gasteiger partial charge in [0.05, 0.1) is 13.2 Å². The van der Waals surface area contributed by atoms with Crippen LogP contribution in [0.4, 0.5) is 0 Å². The lowest BCUT2D eigenvalue weighted by Crippen LogP contribution is -2.45. The standard InChI is InChI=1S/C17H27N3O/c1-21-13-12-18-17(20-16-10-6-3-7-11-16)19-14-15-8-4-2-5-9-15/h2,4-5,8-9,16H,3,6-7,10-14H2,1H3,(H2,18,19,20). The van der Waals surface area contributed by atoms with Gasteiger partial charge in [-0.05, 0) is 18.4 Å². The molecule has 0 bridgehead atoms. The van der Waals surface area contributed by atoms with Gasteiger partial charge in [0.25, 0.3) is 0 Å². The molecule has 21 heavy (non-hydrogen) atoms. The first-order valence-electron chi connectivity index (χ1n) is 7.96. The van der Waals surface area contributed by atoms with Gasteiger partial charge in [0.2, 0.25) is 0 Å². The van der Waals surface area contributed by atoms with E-state index in [1.54, 1.807) is 7.11 Å². The van der Waals surface area contributed by atoms with E-state index in [1.165, 1.54) is 37.7 Å². The molecule has 1 saturated carbocycles. The molecule has 0 unspecified atom stereocenters. The van der Waals surface area contributed by atoms with Crippen LogP contribution in [0.3, 0.4) is 0 Å². The Kier molecular flexibility index (Phi) is 7.08. The van der Waals surface area contributed by atoms with E-state index in [2.05, 4.69) is 34.9 Å². The molecule has 2 rings (SSSR count). The maximum Gasteiger partial charge on any atom is 0.191 e. The van der Waals surface area contributed by atoms with Crippen LogP contribution in [-0.2, 0) is 11.3 Å². The Labute approximate surface area is 128 Å². The molecule has 0 heterocycles. The van der Waals surface area contributed by atoms with Crippen LogP contribution in [0.15, 0.2) is 35.3 Å². The van der Waals surface area contributed by atoms with E-state index >= 15 is 0 Å². The molecule has 1 aromatic rings. The molecule has 4 heteroatoms. The molecule has 0 amide bonds.